The number of hydrogen-bond donors (Lipinski definition) is 1. The van der Waals surface area contributed by atoms with Crippen LogP contribution in [0.2, 0.25) is 0 Å². The monoisotopic (exact) mass is 219 g/mol. The minimum atomic E-state index is -0.0220. The minimum absolute atomic E-state index is 0.0220. The molecule has 16 heavy (non-hydrogen) atoms. The van der Waals surface area contributed by atoms with Crippen LogP contribution < -0.4 is 5.32 Å². The van der Waals surface area contributed by atoms with Crippen LogP contribution in [0.1, 0.15) is 32.3 Å². The van der Waals surface area contributed by atoms with E-state index >= 15 is 0 Å². The molecule has 2 aromatic heterocycles. The van der Waals surface area contributed by atoms with E-state index in [1.165, 1.54) is 0 Å². The molecule has 0 amide bonds. The molecular formula is C11H17N5. The van der Waals surface area contributed by atoms with Gasteiger partial charge >= 0.3 is 0 Å². The van der Waals surface area contributed by atoms with Gasteiger partial charge in [0.15, 0.2) is 0 Å². The van der Waals surface area contributed by atoms with Crippen molar-refractivity contribution >= 4 is 11.5 Å². The van der Waals surface area contributed by atoms with Gasteiger partial charge in [0.2, 0.25) is 5.95 Å². The van der Waals surface area contributed by atoms with E-state index in [9.17, 15) is 0 Å². The Balaban J connectivity index is 2.85. The number of aryl methyl sites for hydroxylation is 1. The molecule has 0 saturated heterocycles. The highest BCUT2D eigenvalue weighted by Gasteiger charge is 2.23. The first-order valence-corrected chi connectivity index (χ1v) is 5.34. The van der Waals surface area contributed by atoms with Crippen molar-refractivity contribution in [3.63, 3.8) is 0 Å². The molecule has 0 aliphatic rings. The lowest BCUT2D eigenvalue weighted by atomic mass is 9.96. The summed E-state index contributed by atoms with van der Waals surface area (Å²) in [6.45, 7) is 8.41. The predicted octanol–water partition coefficient (Wildman–Crippen LogP) is 1.77. The highest BCUT2D eigenvalue weighted by Crippen LogP contribution is 2.25. The van der Waals surface area contributed by atoms with E-state index in [1.807, 2.05) is 18.4 Å². The predicted molar refractivity (Wildman–Crippen MR) is 63.8 cm³/mol. The van der Waals surface area contributed by atoms with E-state index in [2.05, 4.69) is 41.3 Å². The summed E-state index contributed by atoms with van der Waals surface area (Å²) in [7, 11) is 1.84. The summed E-state index contributed by atoms with van der Waals surface area (Å²) >= 11 is 0. The molecule has 0 radical (unpaired) electrons. The van der Waals surface area contributed by atoms with Crippen molar-refractivity contribution in [2.24, 2.45) is 0 Å². The van der Waals surface area contributed by atoms with Crippen LogP contribution in [-0.4, -0.2) is 26.6 Å². The molecule has 86 valence electrons. The van der Waals surface area contributed by atoms with Crippen LogP contribution in [0.3, 0.4) is 0 Å². The van der Waals surface area contributed by atoms with Crippen molar-refractivity contribution in [2.45, 2.75) is 33.1 Å². The number of hydrogen-bond acceptors (Lipinski definition) is 4. The van der Waals surface area contributed by atoms with E-state index in [1.54, 1.807) is 6.20 Å². The molecule has 5 nitrogen and oxygen atoms in total. The Labute approximate surface area is 94.9 Å². The molecule has 0 aliphatic heterocycles. The Morgan fingerprint density at radius 3 is 2.56 bits per heavy atom. The lowest BCUT2D eigenvalue weighted by molar-refractivity contribution is 0.541. The largest absolute Gasteiger partial charge is 0.357 e. The molecule has 0 atom stereocenters. The van der Waals surface area contributed by atoms with Crippen LogP contribution in [-0.2, 0) is 5.41 Å². The molecule has 1 N–H and O–H groups in total. The average molecular weight is 219 g/mol. The van der Waals surface area contributed by atoms with Crippen molar-refractivity contribution in [2.75, 3.05) is 12.4 Å². The zero-order chi connectivity index (χ0) is 11.9. The standard InChI is InChI=1S/C11H17N5/c1-7-8-6-13-15-10(12-5)16(8)9(14-7)11(2,3)4/h6H,1-5H3,(H,12,15). The number of nitrogens with one attached hydrogen (secondary N) is 1. The Kier molecular flexibility index (Phi) is 2.33. The summed E-state index contributed by atoms with van der Waals surface area (Å²) in [5, 5.41) is 11.1. The van der Waals surface area contributed by atoms with Crippen LogP contribution in [0.5, 0.6) is 0 Å². The molecule has 0 aliphatic carbocycles. The molecule has 2 rings (SSSR count). The van der Waals surface area contributed by atoms with E-state index in [4.69, 9.17) is 0 Å². The van der Waals surface area contributed by atoms with Crippen LogP contribution in [0.4, 0.5) is 5.95 Å². The van der Waals surface area contributed by atoms with Crippen LogP contribution in [0.25, 0.3) is 5.52 Å². The van der Waals surface area contributed by atoms with E-state index < -0.39 is 0 Å². The maximum atomic E-state index is 4.61. The summed E-state index contributed by atoms with van der Waals surface area (Å²) in [6, 6.07) is 0. The number of anilines is 1. The maximum absolute atomic E-state index is 4.61. The van der Waals surface area contributed by atoms with Gasteiger partial charge in [0.05, 0.1) is 17.4 Å². The third-order valence-electron chi connectivity index (χ3n) is 2.54. The average Bonchev–Trinajstić information content (AvgIpc) is 2.56. The van der Waals surface area contributed by atoms with Gasteiger partial charge in [-0.05, 0) is 6.92 Å². The lowest BCUT2D eigenvalue weighted by Crippen LogP contribution is -2.18. The van der Waals surface area contributed by atoms with Crippen molar-refractivity contribution < 1.29 is 0 Å². The van der Waals surface area contributed by atoms with Crippen LogP contribution in [0.15, 0.2) is 6.20 Å². The Morgan fingerprint density at radius 1 is 1.31 bits per heavy atom. The second-order valence-corrected chi connectivity index (χ2v) is 4.91. The molecule has 0 unspecified atom stereocenters. The SMILES string of the molecule is CNc1nncc2c(C)nc(C(C)(C)C)n12. The zero-order valence-electron chi connectivity index (χ0n) is 10.4. The van der Waals surface area contributed by atoms with Gasteiger partial charge in [0, 0.05) is 12.5 Å². The summed E-state index contributed by atoms with van der Waals surface area (Å²) < 4.78 is 2.03. The summed E-state index contributed by atoms with van der Waals surface area (Å²) in [5.41, 5.74) is 1.96. The summed E-state index contributed by atoms with van der Waals surface area (Å²) in [6.07, 6.45) is 1.75. The zero-order valence-corrected chi connectivity index (χ0v) is 10.4. The number of fused-ring (bicyclic) bond motifs is 1. The van der Waals surface area contributed by atoms with E-state index in [-0.39, 0.29) is 5.41 Å². The molecular weight excluding hydrogens is 202 g/mol. The first-order chi connectivity index (χ1) is 7.45. The highest BCUT2D eigenvalue weighted by molar-refractivity contribution is 5.55. The van der Waals surface area contributed by atoms with Crippen LogP contribution >= 0.6 is 0 Å². The topological polar surface area (TPSA) is 55.1 Å². The Hall–Kier alpha value is -1.65. The molecule has 2 aromatic rings. The van der Waals surface area contributed by atoms with Gasteiger partial charge in [-0.2, -0.15) is 5.10 Å². The third-order valence-corrected chi connectivity index (χ3v) is 2.54. The second kappa shape index (κ2) is 3.43. The van der Waals surface area contributed by atoms with Gasteiger partial charge < -0.3 is 5.32 Å². The molecule has 5 heteroatoms. The molecule has 2 heterocycles. The van der Waals surface area contributed by atoms with E-state index in [0.717, 1.165) is 23.0 Å². The fourth-order valence-corrected chi connectivity index (χ4v) is 1.76. The first kappa shape index (κ1) is 10.9. The fourth-order valence-electron chi connectivity index (χ4n) is 1.76. The van der Waals surface area contributed by atoms with Gasteiger partial charge in [-0.1, -0.05) is 20.8 Å². The van der Waals surface area contributed by atoms with Gasteiger partial charge in [-0.25, -0.2) is 4.98 Å². The smallest absolute Gasteiger partial charge is 0.229 e. The maximum Gasteiger partial charge on any atom is 0.229 e. The Bertz CT molecular complexity index is 521. The van der Waals surface area contributed by atoms with Crippen LogP contribution in [0, 0.1) is 6.92 Å². The number of imidazole rings is 1. The summed E-state index contributed by atoms with van der Waals surface area (Å²) in [5.74, 6) is 1.72. The van der Waals surface area contributed by atoms with Crippen molar-refractivity contribution in [1.82, 2.24) is 19.6 Å². The number of rotatable bonds is 1. The van der Waals surface area contributed by atoms with Gasteiger partial charge in [-0.3, -0.25) is 4.40 Å². The van der Waals surface area contributed by atoms with Gasteiger partial charge in [0.1, 0.15) is 5.82 Å². The highest BCUT2D eigenvalue weighted by atomic mass is 15.3. The van der Waals surface area contributed by atoms with Crippen molar-refractivity contribution in [3.05, 3.63) is 17.7 Å². The quantitative estimate of drug-likeness (QED) is 0.794. The lowest BCUT2D eigenvalue weighted by Gasteiger charge is -2.17. The van der Waals surface area contributed by atoms with E-state index in [0.29, 0.717) is 0 Å². The van der Waals surface area contributed by atoms with Crippen molar-refractivity contribution in [3.8, 4) is 0 Å². The molecule has 0 aromatic carbocycles. The molecule has 0 bridgehead atoms. The second-order valence-electron chi connectivity index (χ2n) is 4.91. The summed E-state index contributed by atoms with van der Waals surface area (Å²) in [4.78, 5) is 4.61. The van der Waals surface area contributed by atoms with Gasteiger partial charge in [0.25, 0.3) is 0 Å². The minimum Gasteiger partial charge on any atom is -0.357 e. The molecule has 0 saturated carbocycles. The number of nitrogens with zero attached hydrogens (tertiary/aromatic N) is 4. The molecule has 0 fully saturated rings. The first-order valence-electron chi connectivity index (χ1n) is 5.34. The fraction of sp³-hybridized carbons (Fsp3) is 0.545. The Morgan fingerprint density at radius 2 is 2.00 bits per heavy atom. The normalized spacial score (nSPS) is 12.1. The van der Waals surface area contributed by atoms with Crippen molar-refractivity contribution in [1.29, 1.82) is 0 Å². The molecule has 0 spiro atoms. The van der Waals surface area contributed by atoms with Gasteiger partial charge in [-0.15, -0.1) is 5.10 Å². The third kappa shape index (κ3) is 1.52. The number of aromatic nitrogens is 4.